The molecule has 1 aromatic heterocycles. The molecule has 2 heterocycles. The number of aromatic nitrogens is 1. The molecule has 2 fully saturated rings. The zero-order valence-electron chi connectivity index (χ0n) is 18.7. The predicted octanol–water partition coefficient (Wildman–Crippen LogP) is 4.78. The van der Waals surface area contributed by atoms with Crippen LogP contribution in [-0.4, -0.2) is 52.5 Å². The highest BCUT2D eigenvalue weighted by Gasteiger charge is 2.28. The summed E-state index contributed by atoms with van der Waals surface area (Å²) in [6.07, 6.45) is 7.62. The molecule has 0 unspecified atom stereocenters. The number of rotatable bonds is 5. The van der Waals surface area contributed by atoms with Crippen LogP contribution in [0.2, 0.25) is 0 Å². The first-order chi connectivity index (χ1) is 14.2. The van der Waals surface area contributed by atoms with E-state index in [-0.39, 0.29) is 12.0 Å². The van der Waals surface area contributed by atoms with E-state index < -0.39 is 5.60 Å². The lowest BCUT2D eigenvalue weighted by Gasteiger charge is -2.33. The smallest absolute Gasteiger partial charge is 0.410 e. The number of likely N-dealkylation sites (tertiary alicyclic amines) is 1. The lowest BCUT2D eigenvalue weighted by molar-refractivity contribution is 0.0183. The van der Waals surface area contributed by atoms with Gasteiger partial charge in [0.25, 0.3) is 5.91 Å². The molecule has 3 rings (SSSR count). The summed E-state index contributed by atoms with van der Waals surface area (Å²) in [5.74, 6) is 0.490. The number of carbonyl (C=O) groups excluding carboxylic acids is 2. The van der Waals surface area contributed by atoms with Crippen LogP contribution in [0, 0.1) is 12.8 Å². The molecule has 0 aromatic carbocycles. The zero-order valence-corrected chi connectivity index (χ0v) is 19.5. The molecular weight excluding hydrogens is 402 g/mol. The summed E-state index contributed by atoms with van der Waals surface area (Å²) in [4.78, 5) is 27.6. The summed E-state index contributed by atoms with van der Waals surface area (Å²) < 4.78 is 10.8. The number of carbonyl (C=O) groups is 2. The fourth-order valence-corrected chi connectivity index (χ4v) is 5.30. The first-order valence-corrected chi connectivity index (χ1v) is 12.0. The highest BCUT2D eigenvalue weighted by Crippen LogP contribution is 2.37. The van der Waals surface area contributed by atoms with Crippen molar-refractivity contribution in [3.63, 3.8) is 0 Å². The van der Waals surface area contributed by atoms with Gasteiger partial charge in [-0.3, -0.25) is 4.79 Å². The van der Waals surface area contributed by atoms with Gasteiger partial charge >= 0.3 is 6.09 Å². The van der Waals surface area contributed by atoms with Gasteiger partial charge in [0, 0.05) is 24.9 Å². The van der Waals surface area contributed by atoms with Gasteiger partial charge < -0.3 is 19.5 Å². The average Bonchev–Trinajstić information content (AvgIpc) is 3.06. The number of aryl methyl sites for hydroxylation is 1. The van der Waals surface area contributed by atoms with Gasteiger partial charge in [-0.1, -0.05) is 24.4 Å². The van der Waals surface area contributed by atoms with Crippen LogP contribution in [0.25, 0.3) is 0 Å². The molecule has 1 aliphatic carbocycles. The van der Waals surface area contributed by atoms with Crippen molar-refractivity contribution < 1.29 is 18.8 Å². The van der Waals surface area contributed by atoms with Crippen molar-refractivity contribution in [1.82, 2.24) is 15.4 Å². The molecule has 0 atom stereocenters. The average molecular weight is 438 g/mol. The van der Waals surface area contributed by atoms with Gasteiger partial charge in [0.05, 0.1) is 10.6 Å². The normalized spacial score (nSPS) is 19.0. The van der Waals surface area contributed by atoms with E-state index in [2.05, 4.69) is 10.5 Å². The van der Waals surface area contributed by atoms with Gasteiger partial charge in [-0.05, 0) is 59.3 Å². The summed E-state index contributed by atoms with van der Waals surface area (Å²) in [5.41, 5.74) is 0.311. The third kappa shape index (κ3) is 6.40. The molecule has 168 valence electrons. The topological polar surface area (TPSA) is 84.7 Å². The molecule has 8 heteroatoms. The van der Waals surface area contributed by atoms with E-state index in [4.69, 9.17) is 9.26 Å². The van der Waals surface area contributed by atoms with Crippen LogP contribution in [0.1, 0.15) is 82.0 Å². The second-order valence-electron chi connectivity index (χ2n) is 9.42. The summed E-state index contributed by atoms with van der Waals surface area (Å²) in [6, 6.07) is 0. The maximum absolute atomic E-state index is 12.7. The van der Waals surface area contributed by atoms with Crippen molar-refractivity contribution >= 4 is 23.8 Å². The Morgan fingerprint density at radius 3 is 2.47 bits per heavy atom. The van der Waals surface area contributed by atoms with Gasteiger partial charge in [-0.15, -0.1) is 11.8 Å². The Kier molecular flexibility index (Phi) is 7.71. The Morgan fingerprint density at radius 1 is 1.17 bits per heavy atom. The van der Waals surface area contributed by atoms with E-state index >= 15 is 0 Å². The Hall–Kier alpha value is -1.70. The zero-order chi connectivity index (χ0) is 21.7. The number of hydrogen-bond donors (Lipinski definition) is 1. The molecule has 0 bridgehead atoms. The summed E-state index contributed by atoms with van der Waals surface area (Å²) in [7, 11) is 0. The fourth-order valence-electron chi connectivity index (χ4n) is 3.96. The molecule has 1 saturated heterocycles. The van der Waals surface area contributed by atoms with E-state index in [1.807, 2.05) is 27.7 Å². The second-order valence-corrected chi connectivity index (χ2v) is 10.7. The van der Waals surface area contributed by atoms with Crippen molar-refractivity contribution in [2.75, 3.05) is 19.6 Å². The van der Waals surface area contributed by atoms with Crippen LogP contribution < -0.4 is 5.32 Å². The highest BCUT2D eigenvalue weighted by atomic mass is 32.2. The minimum absolute atomic E-state index is 0.191. The minimum atomic E-state index is -0.482. The van der Waals surface area contributed by atoms with Crippen molar-refractivity contribution in [3.05, 3.63) is 11.5 Å². The molecular formula is C22H35N3O4S. The first-order valence-electron chi connectivity index (χ1n) is 11.1. The van der Waals surface area contributed by atoms with Crippen LogP contribution >= 0.6 is 11.8 Å². The number of thioether (sulfide) groups is 1. The van der Waals surface area contributed by atoms with Crippen LogP contribution in [0.15, 0.2) is 9.42 Å². The lowest BCUT2D eigenvalue weighted by atomic mass is 9.97. The van der Waals surface area contributed by atoms with Gasteiger partial charge in [-0.25, -0.2) is 4.79 Å². The molecule has 1 N–H and O–H groups in total. The third-order valence-corrected chi connectivity index (χ3v) is 7.19. The Morgan fingerprint density at radius 2 is 1.83 bits per heavy atom. The quantitative estimate of drug-likeness (QED) is 0.713. The monoisotopic (exact) mass is 437 g/mol. The SMILES string of the molecule is Cc1noc(C(=O)NCC2CCN(C(=O)OC(C)(C)C)CC2)c1SC1CCCCC1. The number of hydrogen-bond acceptors (Lipinski definition) is 6. The molecule has 30 heavy (non-hydrogen) atoms. The summed E-state index contributed by atoms with van der Waals surface area (Å²) in [5, 5.41) is 7.61. The number of ether oxygens (including phenoxy) is 1. The molecule has 1 saturated carbocycles. The van der Waals surface area contributed by atoms with E-state index in [9.17, 15) is 9.59 Å². The molecule has 1 aliphatic heterocycles. The molecule has 2 amide bonds. The number of amides is 2. The Balaban J connectivity index is 1.47. The fraction of sp³-hybridized carbons (Fsp3) is 0.773. The van der Waals surface area contributed by atoms with Gasteiger partial charge in [0.2, 0.25) is 5.76 Å². The maximum atomic E-state index is 12.7. The van der Waals surface area contributed by atoms with Crippen LogP contribution in [-0.2, 0) is 4.74 Å². The second kappa shape index (κ2) is 10.1. The van der Waals surface area contributed by atoms with Crippen molar-refractivity contribution in [3.8, 4) is 0 Å². The highest BCUT2D eigenvalue weighted by molar-refractivity contribution is 8.00. The van der Waals surface area contributed by atoms with Gasteiger partial charge in [0.15, 0.2) is 0 Å². The van der Waals surface area contributed by atoms with Crippen LogP contribution in [0.4, 0.5) is 4.79 Å². The Labute approximate surface area is 183 Å². The molecule has 7 nitrogen and oxygen atoms in total. The number of nitrogens with one attached hydrogen (secondary N) is 1. The van der Waals surface area contributed by atoms with Crippen LogP contribution in [0.3, 0.4) is 0 Å². The van der Waals surface area contributed by atoms with E-state index in [0.29, 0.717) is 36.6 Å². The lowest BCUT2D eigenvalue weighted by Crippen LogP contribution is -2.43. The van der Waals surface area contributed by atoms with Crippen molar-refractivity contribution in [2.45, 2.75) is 88.4 Å². The van der Waals surface area contributed by atoms with Gasteiger partial charge in [0.1, 0.15) is 5.60 Å². The molecule has 0 radical (unpaired) electrons. The maximum Gasteiger partial charge on any atom is 0.410 e. The van der Waals surface area contributed by atoms with Crippen molar-refractivity contribution in [1.29, 1.82) is 0 Å². The van der Waals surface area contributed by atoms with Crippen molar-refractivity contribution in [2.24, 2.45) is 5.92 Å². The predicted molar refractivity (Wildman–Crippen MR) is 117 cm³/mol. The third-order valence-electron chi connectivity index (χ3n) is 5.67. The first kappa shape index (κ1) is 23.0. The standard InChI is InChI=1S/C22H35N3O4S/c1-15-19(30-17-8-6-5-7-9-17)18(29-24-15)20(26)23-14-16-10-12-25(13-11-16)21(27)28-22(2,3)4/h16-17H,5-14H2,1-4H3,(H,23,26). The van der Waals surface area contributed by atoms with Crippen LogP contribution in [0.5, 0.6) is 0 Å². The van der Waals surface area contributed by atoms with E-state index in [0.717, 1.165) is 23.4 Å². The molecule has 2 aliphatic rings. The number of piperidine rings is 1. The Bertz CT molecular complexity index is 729. The summed E-state index contributed by atoms with van der Waals surface area (Å²) >= 11 is 1.75. The summed E-state index contributed by atoms with van der Waals surface area (Å²) in [6.45, 7) is 9.41. The molecule has 1 aromatic rings. The largest absolute Gasteiger partial charge is 0.444 e. The minimum Gasteiger partial charge on any atom is -0.444 e. The number of nitrogens with zero attached hydrogens (tertiary/aromatic N) is 2. The van der Waals surface area contributed by atoms with Gasteiger partial charge in [-0.2, -0.15) is 0 Å². The van der Waals surface area contributed by atoms with E-state index in [1.165, 1.54) is 32.1 Å². The molecule has 0 spiro atoms. The van der Waals surface area contributed by atoms with E-state index in [1.54, 1.807) is 16.7 Å².